The van der Waals surface area contributed by atoms with E-state index in [0.29, 0.717) is 17.6 Å². The van der Waals surface area contributed by atoms with Gasteiger partial charge in [0.1, 0.15) is 24.7 Å². The van der Waals surface area contributed by atoms with Crippen molar-refractivity contribution in [3.05, 3.63) is 83.9 Å². The molecule has 0 amide bonds. The number of fused-ring (bicyclic) bond motifs is 1. The molecule has 1 saturated carbocycles. The Hall–Kier alpha value is -2.16. The van der Waals surface area contributed by atoms with Crippen LogP contribution in [-0.4, -0.2) is 29.2 Å². The molecule has 2 heterocycles. The lowest BCUT2D eigenvalue weighted by Crippen LogP contribution is -2.57. The van der Waals surface area contributed by atoms with Gasteiger partial charge in [0.05, 0.1) is 13.2 Å². The fourth-order valence-electron chi connectivity index (χ4n) is 7.43. The topological polar surface area (TPSA) is 9.23 Å². The number of ether oxygens (including phenoxy) is 1. The van der Waals surface area contributed by atoms with Crippen LogP contribution >= 0.6 is 0 Å². The zero-order valence-electron chi connectivity index (χ0n) is 18.0. The van der Waals surface area contributed by atoms with Gasteiger partial charge in [-0.15, -0.1) is 0 Å². The van der Waals surface area contributed by atoms with E-state index in [1.807, 2.05) is 0 Å². The molecule has 0 radical (unpaired) electrons. The molecule has 1 aliphatic carbocycles. The van der Waals surface area contributed by atoms with Gasteiger partial charge in [0.25, 0.3) is 0 Å². The van der Waals surface area contributed by atoms with Gasteiger partial charge in [0.2, 0.25) is 0 Å². The Balaban J connectivity index is 1.33. The van der Waals surface area contributed by atoms with Crippen molar-refractivity contribution < 1.29 is 9.22 Å². The highest BCUT2D eigenvalue weighted by molar-refractivity contribution is 5.85. The van der Waals surface area contributed by atoms with Crippen molar-refractivity contribution in [2.45, 2.75) is 51.0 Å². The number of rotatable bonds is 5. The molecule has 3 fully saturated rings. The van der Waals surface area contributed by atoms with Crippen molar-refractivity contribution in [2.75, 3.05) is 13.1 Å². The zero-order chi connectivity index (χ0) is 20.2. The van der Waals surface area contributed by atoms with E-state index < -0.39 is 0 Å². The first-order valence-electron chi connectivity index (χ1n) is 11.7. The SMILES string of the molecule is C[C@@]12[C@H]3CC[C@@H]1[C@H](OCc1ccccc1)C[N@+]2(Cc1cccc2ccccc12)CC3. The standard InChI is InChI=1S/C28H32NO/c1-28-24-14-15-26(28)27(30-20-21-8-3-2-4-9-21)19-29(28,17-16-24)18-23-12-7-11-22-10-5-6-13-25(22)23/h2-13,24,26-27H,14-20H2,1H3/q+1/t24-,26+,27+,28+,29+/m0/s1. The molecule has 5 atom stereocenters. The minimum atomic E-state index is 0.373. The van der Waals surface area contributed by atoms with Gasteiger partial charge in [-0.25, -0.2) is 0 Å². The lowest BCUT2D eigenvalue weighted by molar-refractivity contribution is -0.966. The highest BCUT2D eigenvalue weighted by Gasteiger charge is 2.71. The Morgan fingerprint density at radius 2 is 1.70 bits per heavy atom. The normalized spacial score (nSPS) is 34.5. The summed E-state index contributed by atoms with van der Waals surface area (Å²) in [4.78, 5) is 0. The first-order chi connectivity index (χ1) is 14.7. The van der Waals surface area contributed by atoms with E-state index in [4.69, 9.17) is 4.74 Å². The van der Waals surface area contributed by atoms with E-state index in [2.05, 4.69) is 79.7 Å². The third-order valence-corrected chi connectivity index (χ3v) is 8.97. The second-order valence-corrected chi connectivity index (χ2v) is 10.1. The predicted molar refractivity (Wildman–Crippen MR) is 122 cm³/mol. The molecule has 6 rings (SSSR count). The summed E-state index contributed by atoms with van der Waals surface area (Å²) in [6.45, 7) is 6.99. The van der Waals surface area contributed by atoms with Gasteiger partial charge in [0, 0.05) is 23.8 Å². The van der Waals surface area contributed by atoms with Crippen LogP contribution in [0.2, 0.25) is 0 Å². The van der Waals surface area contributed by atoms with Crippen LogP contribution in [0.1, 0.15) is 37.3 Å². The molecule has 2 aliphatic heterocycles. The van der Waals surface area contributed by atoms with Gasteiger partial charge in [-0.05, 0) is 36.1 Å². The molecule has 3 aromatic carbocycles. The molecule has 154 valence electrons. The lowest BCUT2D eigenvalue weighted by Gasteiger charge is -2.44. The highest BCUT2D eigenvalue weighted by Crippen LogP contribution is 2.61. The number of quaternary nitrogens is 1. The van der Waals surface area contributed by atoms with Gasteiger partial charge in [-0.2, -0.15) is 0 Å². The maximum Gasteiger partial charge on any atom is 0.116 e. The minimum Gasteiger partial charge on any atom is -0.367 e. The lowest BCUT2D eigenvalue weighted by atomic mass is 9.83. The van der Waals surface area contributed by atoms with Gasteiger partial charge in [-0.3, -0.25) is 0 Å². The molecular weight excluding hydrogens is 366 g/mol. The second-order valence-electron chi connectivity index (χ2n) is 10.1. The van der Waals surface area contributed by atoms with Crippen LogP contribution in [0.3, 0.4) is 0 Å². The Morgan fingerprint density at radius 3 is 2.60 bits per heavy atom. The van der Waals surface area contributed by atoms with E-state index in [-0.39, 0.29) is 0 Å². The fourth-order valence-corrected chi connectivity index (χ4v) is 7.43. The number of hydrogen-bond acceptors (Lipinski definition) is 1. The molecule has 3 aliphatic rings. The van der Waals surface area contributed by atoms with E-state index in [0.717, 1.165) is 19.1 Å². The fraction of sp³-hybridized carbons (Fsp3) is 0.429. The number of hydrogen-bond donors (Lipinski definition) is 0. The van der Waals surface area contributed by atoms with Gasteiger partial charge in [-0.1, -0.05) is 72.8 Å². The Bertz CT molecular complexity index is 1060. The van der Waals surface area contributed by atoms with Crippen molar-refractivity contribution in [3.63, 3.8) is 0 Å². The van der Waals surface area contributed by atoms with E-state index in [1.165, 1.54) is 58.7 Å². The van der Waals surface area contributed by atoms with Crippen LogP contribution in [0, 0.1) is 11.8 Å². The summed E-state index contributed by atoms with van der Waals surface area (Å²) in [5.41, 5.74) is 3.19. The monoisotopic (exact) mass is 398 g/mol. The smallest absolute Gasteiger partial charge is 0.116 e. The minimum absolute atomic E-state index is 0.373. The summed E-state index contributed by atoms with van der Waals surface area (Å²) in [5, 5.41) is 2.80. The molecule has 0 bridgehead atoms. The summed E-state index contributed by atoms with van der Waals surface area (Å²) in [6.07, 6.45) is 4.51. The first-order valence-corrected chi connectivity index (χ1v) is 11.7. The van der Waals surface area contributed by atoms with E-state index >= 15 is 0 Å². The molecule has 2 heteroatoms. The quantitative estimate of drug-likeness (QED) is 0.483. The molecule has 2 saturated heterocycles. The third-order valence-electron chi connectivity index (χ3n) is 8.97. The first kappa shape index (κ1) is 18.6. The van der Waals surface area contributed by atoms with Gasteiger partial charge < -0.3 is 9.22 Å². The van der Waals surface area contributed by atoms with E-state index in [9.17, 15) is 0 Å². The average Bonchev–Trinajstić information content (AvgIpc) is 3.35. The van der Waals surface area contributed by atoms with Crippen molar-refractivity contribution >= 4 is 10.8 Å². The van der Waals surface area contributed by atoms with Crippen LogP contribution in [0.4, 0.5) is 0 Å². The van der Waals surface area contributed by atoms with Crippen molar-refractivity contribution in [1.29, 1.82) is 0 Å². The molecule has 0 unspecified atom stereocenters. The third kappa shape index (κ3) is 2.63. The van der Waals surface area contributed by atoms with E-state index in [1.54, 1.807) is 0 Å². The van der Waals surface area contributed by atoms with Crippen molar-refractivity contribution in [1.82, 2.24) is 0 Å². The molecule has 2 nitrogen and oxygen atoms in total. The molecule has 3 aromatic rings. The second kappa shape index (κ2) is 6.93. The summed E-state index contributed by atoms with van der Waals surface area (Å²) in [6, 6.07) is 26.5. The molecule has 30 heavy (non-hydrogen) atoms. The highest BCUT2D eigenvalue weighted by atomic mass is 16.5. The Kier molecular flexibility index (Phi) is 4.30. The van der Waals surface area contributed by atoms with Crippen LogP contribution in [0.15, 0.2) is 72.8 Å². The summed E-state index contributed by atoms with van der Waals surface area (Å²) in [5.74, 6) is 1.56. The van der Waals surface area contributed by atoms with Gasteiger partial charge >= 0.3 is 0 Å². The maximum absolute atomic E-state index is 6.66. The molecular formula is C28H32NO+. The van der Waals surface area contributed by atoms with Crippen LogP contribution in [0.25, 0.3) is 10.8 Å². The molecule has 0 spiro atoms. The zero-order valence-corrected chi connectivity index (χ0v) is 18.0. The molecule has 0 aromatic heterocycles. The van der Waals surface area contributed by atoms with Crippen LogP contribution < -0.4 is 0 Å². The predicted octanol–water partition coefficient (Wildman–Crippen LogP) is 5.94. The number of benzene rings is 3. The number of nitrogens with zero attached hydrogens (tertiary/aromatic N) is 1. The summed E-state index contributed by atoms with van der Waals surface area (Å²) in [7, 11) is 0. The average molecular weight is 399 g/mol. The molecule has 0 N–H and O–H groups in total. The van der Waals surface area contributed by atoms with Crippen molar-refractivity contribution in [2.24, 2.45) is 11.8 Å². The summed E-state index contributed by atoms with van der Waals surface area (Å²) < 4.78 is 7.89. The Labute approximate surface area is 180 Å². The Morgan fingerprint density at radius 1 is 0.900 bits per heavy atom. The largest absolute Gasteiger partial charge is 0.367 e. The van der Waals surface area contributed by atoms with Crippen LogP contribution in [-0.2, 0) is 17.9 Å². The van der Waals surface area contributed by atoms with Crippen LogP contribution in [0.5, 0.6) is 0 Å². The van der Waals surface area contributed by atoms with Gasteiger partial charge in [0.15, 0.2) is 0 Å². The van der Waals surface area contributed by atoms with Crippen molar-refractivity contribution in [3.8, 4) is 0 Å². The maximum atomic E-state index is 6.66. The summed E-state index contributed by atoms with van der Waals surface area (Å²) >= 11 is 0.